The van der Waals surface area contributed by atoms with Crippen LogP contribution in [-0.2, 0) is 6.54 Å². The molecule has 0 spiro atoms. The van der Waals surface area contributed by atoms with E-state index in [1.807, 2.05) is 17.6 Å². The van der Waals surface area contributed by atoms with Crippen LogP contribution in [0.5, 0.6) is 0 Å². The molecule has 1 aromatic carbocycles. The van der Waals surface area contributed by atoms with Gasteiger partial charge in [-0.15, -0.1) is 0 Å². The third-order valence-corrected chi connectivity index (χ3v) is 4.21. The summed E-state index contributed by atoms with van der Waals surface area (Å²) in [6.45, 7) is 7.90. The molecule has 114 valence electrons. The van der Waals surface area contributed by atoms with E-state index in [9.17, 15) is 9.90 Å². The standard InChI is InChI=1S/C16H23N3O2/c1-5-11(2)18(4)9-10-19-12(3)17-14-8-6-7-13(15(14)19)16(20)21/h6-8,11H,5,9-10H2,1-4H3,(H,20,21). The van der Waals surface area contributed by atoms with Crippen LogP contribution in [0.25, 0.3) is 11.0 Å². The van der Waals surface area contributed by atoms with Crippen molar-refractivity contribution in [3.8, 4) is 0 Å². The number of aromatic carboxylic acids is 1. The molecule has 21 heavy (non-hydrogen) atoms. The highest BCUT2D eigenvalue weighted by atomic mass is 16.4. The second-order valence-electron chi connectivity index (χ2n) is 5.53. The minimum absolute atomic E-state index is 0.319. The molecule has 5 heteroatoms. The fourth-order valence-corrected chi connectivity index (χ4v) is 2.54. The maximum absolute atomic E-state index is 11.4. The van der Waals surface area contributed by atoms with Gasteiger partial charge in [0.2, 0.25) is 0 Å². The van der Waals surface area contributed by atoms with Crippen molar-refractivity contribution in [2.75, 3.05) is 13.6 Å². The number of aryl methyl sites for hydroxylation is 1. The third-order valence-electron chi connectivity index (χ3n) is 4.21. The van der Waals surface area contributed by atoms with Gasteiger partial charge in [-0.3, -0.25) is 0 Å². The molecular formula is C16H23N3O2. The summed E-state index contributed by atoms with van der Waals surface area (Å²) >= 11 is 0. The zero-order valence-electron chi connectivity index (χ0n) is 13.1. The molecule has 5 nitrogen and oxygen atoms in total. The van der Waals surface area contributed by atoms with Crippen LogP contribution in [0.15, 0.2) is 18.2 Å². The molecule has 1 heterocycles. The summed E-state index contributed by atoms with van der Waals surface area (Å²) in [5, 5.41) is 9.37. The lowest BCUT2D eigenvalue weighted by Crippen LogP contribution is -2.31. The normalized spacial score (nSPS) is 13.0. The van der Waals surface area contributed by atoms with E-state index in [2.05, 4.69) is 30.8 Å². The number of rotatable bonds is 6. The number of fused-ring (bicyclic) bond motifs is 1. The lowest BCUT2D eigenvalue weighted by molar-refractivity contribution is 0.0698. The van der Waals surface area contributed by atoms with Crippen molar-refractivity contribution in [3.63, 3.8) is 0 Å². The van der Waals surface area contributed by atoms with Crippen molar-refractivity contribution < 1.29 is 9.90 Å². The lowest BCUT2D eigenvalue weighted by Gasteiger charge is -2.24. The summed E-state index contributed by atoms with van der Waals surface area (Å²) in [5.41, 5.74) is 1.79. The quantitative estimate of drug-likeness (QED) is 0.888. The monoisotopic (exact) mass is 289 g/mol. The number of carboxylic acid groups (broad SMARTS) is 1. The van der Waals surface area contributed by atoms with E-state index in [-0.39, 0.29) is 0 Å². The van der Waals surface area contributed by atoms with Gasteiger partial charge in [0.05, 0.1) is 16.6 Å². The maximum atomic E-state index is 11.4. The number of benzene rings is 1. The van der Waals surface area contributed by atoms with Crippen LogP contribution in [-0.4, -0.2) is 45.2 Å². The summed E-state index contributed by atoms with van der Waals surface area (Å²) in [6, 6.07) is 5.76. The van der Waals surface area contributed by atoms with Crippen LogP contribution in [0.4, 0.5) is 0 Å². The molecule has 2 rings (SSSR count). The van der Waals surface area contributed by atoms with Crippen LogP contribution >= 0.6 is 0 Å². The maximum Gasteiger partial charge on any atom is 0.337 e. The predicted molar refractivity (Wildman–Crippen MR) is 83.8 cm³/mol. The van der Waals surface area contributed by atoms with Gasteiger partial charge < -0.3 is 14.6 Å². The van der Waals surface area contributed by atoms with Crippen LogP contribution in [0.1, 0.15) is 36.5 Å². The molecular weight excluding hydrogens is 266 g/mol. The first-order valence-electron chi connectivity index (χ1n) is 7.35. The highest BCUT2D eigenvalue weighted by molar-refractivity contribution is 6.01. The summed E-state index contributed by atoms with van der Waals surface area (Å²) in [7, 11) is 2.10. The van der Waals surface area contributed by atoms with Crippen LogP contribution in [0, 0.1) is 6.92 Å². The SMILES string of the molecule is CCC(C)N(C)CCn1c(C)nc2cccc(C(=O)O)c21. The van der Waals surface area contributed by atoms with Crippen molar-refractivity contribution >= 4 is 17.0 Å². The second-order valence-corrected chi connectivity index (χ2v) is 5.53. The van der Waals surface area contributed by atoms with Gasteiger partial charge in [-0.2, -0.15) is 0 Å². The van der Waals surface area contributed by atoms with E-state index in [0.717, 1.165) is 36.4 Å². The number of carboxylic acids is 1. The Hall–Kier alpha value is -1.88. The molecule has 0 aliphatic heterocycles. The molecule has 0 amide bonds. The van der Waals surface area contributed by atoms with E-state index in [1.165, 1.54) is 0 Å². The number of hydrogen-bond acceptors (Lipinski definition) is 3. The predicted octanol–water partition coefficient (Wildman–Crippen LogP) is 2.77. The van der Waals surface area contributed by atoms with Crippen LogP contribution in [0.2, 0.25) is 0 Å². The highest BCUT2D eigenvalue weighted by Crippen LogP contribution is 2.20. The van der Waals surface area contributed by atoms with E-state index >= 15 is 0 Å². The number of imidazole rings is 1. The fraction of sp³-hybridized carbons (Fsp3) is 0.500. The summed E-state index contributed by atoms with van der Waals surface area (Å²) in [4.78, 5) is 18.2. The Kier molecular flexibility index (Phi) is 4.63. The van der Waals surface area contributed by atoms with Crippen LogP contribution < -0.4 is 0 Å². The van der Waals surface area contributed by atoms with Crippen molar-refractivity contribution in [2.45, 2.75) is 39.8 Å². The largest absolute Gasteiger partial charge is 0.478 e. The van der Waals surface area contributed by atoms with Gasteiger partial charge in [-0.05, 0) is 39.4 Å². The smallest absolute Gasteiger partial charge is 0.337 e. The lowest BCUT2D eigenvalue weighted by atomic mass is 10.2. The Morgan fingerprint density at radius 2 is 2.19 bits per heavy atom. The zero-order valence-corrected chi connectivity index (χ0v) is 13.1. The topological polar surface area (TPSA) is 58.4 Å². The minimum Gasteiger partial charge on any atom is -0.478 e. The number of nitrogens with zero attached hydrogens (tertiary/aromatic N) is 3. The molecule has 0 saturated heterocycles. The molecule has 0 radical (unpaired) electrons. The van der Waals surface area contributed by atoms with Gasteiger partial charge in [0, 0.05) is 19.1 Å². The van der Waals surface area contributed by atoms with E-state index in [1.54, 1.807) is 12.1 Å². The van der Waals surface area contributed by atoms with Gasteiger partial charge in [0.15, 0.2) is 0 Å². The average Bonchev–Trinajstić information content (AvgIpc) is 2.78. The first-order valence-corrected chi connectivity index (χ1v) is 7.35. The van der Waals surface area contributed by atoms with Gasteiger partial charge >= 0.3 is 5.97 Å². The number of carbonyl (C=O) groups is 1. The number of para-hydroxylation sites is 1. The Bertz CT molecular complexity index is 648. The summed E-state index contributed by atoms with van der Waals surface area (Å²) in [5.74, 6) is -0.0479. The zero-order chi connectivity index (χ0) is 15.6. The molecule has 1 atom stereocenters. The van der Waals surface area contributed by atoms with E-state index in [0.29, 0.717) is 11.6 Å². The van der Waals surface area contributed by atoms with Gasteiger partial charge in [0.1, 0.15) is 5.82 Å². The molecule has 0 bridgehead atoms. The fourth-order valence-electron chi connectivity index (χ4n) is 2.54. The Labute approximate surface area is 125 Å². The average molecular weight is 289 g/mol. The summed E-state index contributed by atoms with van der Waals surface area (Å²) < 4.78 is 2.01. The molecule has 0 saturated carbocycles. The molecule has 1 unspecified atom stereocenters. The molecule has 0 aliphatic carbocycles. The first kappa shape index (κ1) is 15.5. The summed E-state index contributed by atoms with van der Waals surface area (Å²) in [6.07, 6.45) is 1.10. The van der Waals surface area contributed by atoms with Crippen molar-refractivity contribution in [2.24, 2.45) is 0 Å². The molecule has 1 aromatic heterocycles. The number of likely N-dealkylation sites (N-methyl/N-ethyl adjacent to an activating group) is 1. The molecule has 0 fully saturated rings. The number of aromatic nitrogens is 2. The Morgan fingerprint density at radius 3 is 2.81 bits per heavy atom. The van der Waals surface area contributed by atoms with Gasteiger partial charge in [-0.1, -0.05) is 13.0 Å². The van der Waals surface area contributed by atoms with Gasteiger partial charge in [0.25, 0.3) is 0 Å². The molecule has 1 N–H and O–H groups in total. The Morgan fingerprint density at radius 1 is 1.48 bits per heavy atom. The minimum atomic E-state index is -0.906. The molecule has 0 aliphatic rings. The van der Waals surface area contributed by atoms with Crippen molar-refractivity contribution in [3.05, 3.63) is 29.6 Å². The highest BCUT2D eigenvalue weighted by Gasteiger charge is 2.16. The second kappa shape index (κ2) is 6.26. The Balaban J connectivity index is 2.35. The molecule has 2 aromatic rings. The van der Waals surface area contributed by atoms with E-state index < -0.39 is 5.97 Å². The van der Waals surface area contributed by atoms with E-state index in [4.69, 9.17) is 0 Å². The van der Waals surface area contributed by atoms with Crippen molar-refractivity contribution in [1.82, 2.24) is 14.5 Å². The third kappa shape index (κ3) is 3.08. The van der Waals surface area contributed by atoms with Crippen molar-refractivity contribution in [1.29, 1.82) is 0 Å². The van der Waals surface area contributed by atoms with Gasteiger partial charge in [-0.25, -0.2) is 9.78 Å². The first-order chi connectivity index (χ1) is 9.95. The number of hydrogen-bond donors (Lipinski definition) is 1. The van der Waals surface area contributed by atoms with Crippen LogP contribution in [0.3, 0.4) is 0 Å².